The van der Waals surface area contributed by atoms with Gasteiger partial charge in [-0.2, -0.15) is 0 Å². The Labute approximate surface area is 127 Å². The molecule has 0 saturated carbocycles. The van der Waals surface area contributed by atoms with Gasteiger partial charge in [-0.05, 0) is 34.6 Å². The molecular formula is C12H28O7P2. The highest BCUT2D eigenvalue weighted by Gasteiger charge is 2.50. The van der Waals surface area contributed by atoms with Crippen LogP contribution in [0.2, 0.25) is 0 Å². The number of ether oxygens (including phenoxy) is 1. The van der Waals surface area contributed by atoms with E-state index in [2.05, 4.69) is 0 Å². The summed E-state index contributed by atoms with van der Waals surface area (Å²) in [6, 6.07) is 0. The number of hydrogen-bond acceptors (Lipinski definition) is 7. The highest BCUT2D eigenvalue weighted by Crippen LogP contribution is 2.70. The third-order valence-electron chi connectivity index (χ3n) is 2.44. The molecule has 0 aromatic heterocycles. The van der Waals surface area contributed by atoms with Gasteiger partial charge in [-0.25, -0.2) is 0 Å². The molecule has 0 amide bonds. The van der Waals surface area contributed by atoms with Crippen molar-refractivity contribution in [2.45, 2.75) is 40.0 Å². The summed E-state index contributed by atoms with van der Waals surface area (Å²) in [7, 11) is -7.36. The molecule has 0 spiro atoms. The van der Waals surface area contributed by atoms with Gasteiger partial charge in [0.15, 0.2) is 5.40 Å². The average molecular weight is 346 g/mol. The Morgan fingerprint density at radius 2 is 1.00 bits per heavy atom. The standard InChI is InChI=1S/C12H28O7P2/c1-6-15-11-12(20(13,16-7-2)17-8-3)21(14,18-9-4)19-10-5/h12H,6-11H2,1-5H3. The second-order valence-electron chi connectivity index (χ2n) is 3.89. The lowest BCUT2D eigenvalue weighted by atomic mass is 10.8. The van der Waals surface area contributed by atoms with Crippen molar-refractivity contribution in [3.05, 3.63) is 0 Å². The molecule has 0 rings (SSSR count). The molecule has 0 unspecified atom stereocenters. The molecule has 0 aromatic carbocycles. The van der Waals surface area contributed by atoms with E-state index in [0.717, 1.165) is 0 Å². The molecule has 0 fully saturated rings. The van der Waals surface area contributed by atoms with Crippen molar-refractivity contribution in [2.75, 3.05) is 39.6 Å². The lowest BCUT2D eigenvalue weighted by Crippen LogP contribution is -2.23. The van der Waals surface area contributed by atoms with Gasteiger partial charge < -0.3 is 22.8 Å². The zero-order valence-electron chi connectivity index (χ0n) is 13.6. The molecule has 0 aliphatic carbocycles. The monoisotopic (exact) mass is 346 g/mol. The third-order valence-corrected chi connectivity index (χ3v) is 8.36. The van der Waals surface area contributed by atoms with Crippen LogP contribution in [0, 0.1) is 0 Å². The van der Waals surface area contributed by atoms with E-state index in [1.54, 1.807) is 34.6 Å². The maximum atomic E-state index is 13.0. The normalized spacial score (nSPS) is 13.0. The van der Waals surface area contributed by atoms with Gasteiger partial charge in [0.25, 0.3) is 0 Å². The first-order chi connectivity index (χ1) is 9.94. The van der Waals surface area contributed by atoms with Crippen LogP contribution < -0.4 is 0 Å². The molecule has 0 aromatic rings. The third kappa shape index (κ3) is 6.49. The summed E-state index contributed by atoms with van der Waals surface area (Å²) in [5.74, 6) is 0. The lowest BCUT2D eigenvalue weighted by Gasteiger charge is -2.31. The molecule has 0 heterocycles. The second-order valence-corrected chi connectivity index (χ2v) is 8.74. The fourth-order valence-corrected chi connectivity index (χ4v) is 6.76. The van der Waals surface area contributed by atoms with Gasteiger partial charge in [-0.3, -0.25) is 9.13 Å². The summed E-state index contributed by atoms with van der Waals surface area (Å²) in [5.41, 5.74) is 0. The van der Waals surface area contributed by atoms with Gasteiger partial charge in [0.05, 0.1) is 33.0 Å². The Kier molecular flexibility index (Phi) is 11.0. The van der Waals surface area contributed by atoms with Crippen LogP contribution in [0.4, 0.5) is 0 Å². The molecule has 9 heteroatoms. The fourth-order valence-electron chi connectivity index (χ4n) is 1.72. The van der Waals surface area contributed by atoms with E-state index in [9.17, 15) is 9.13 Å². The molecule has 0 saturated heterocycles. The van der Waals surface area contributed by atoms with Crippen LogP contribution in [-0.2, 0) is 32.0 Å². The first-order valence-electron chi connectivity index (χ1n) is 7.29. The Bertz CT molecular complexity index is 312. The van der Waals surface area contributed by atoms with Crippen LogP contribution in [0.15, 0.2) is 0 Å². The lowest BCUT2D eigenvalue weighted by molar-refractivity contribution is 0.130. The van der Waals surface area contributed by atoms with Gasteiger partial charge in [-0.1, -0.05) is 0 Å². The molecule has 128 valence electrons. The number of rotatable bonds is 13. The van der Waals surface area contributed by atoms with Crippen molar-refractivity contribution < 1.29 is 32.0 Å². The number of hydrogen-bond donors (Lipinski definition) is 0. The van der Waals surface area contributed by atoms with Gasteiger partial charge in [0.1, 0.15) is 0 Å². The minimum atomic E-state index is -3.68. The van der Waals surface area contributed by atoms with Crippen LogP contribution in [0.3, 0.4) is 0 Å². The van der Waals surface area contributed by atoms with Crippen LogP contribution >= 0.6 is 15.2 Å². The summed E-state index contributed by atoms with van der Waals surface area (Å²) in [5, 5.41) is -1.09. The Morgan fingerprint density at radius 1 is 0.667 bits per heavy atom. The Balaban J connectivity index is 5.57. The predicted octanol–water partition coefficient (Wildman–Crippen LogP) is 3.88. The van der Waals surface area contributed by atoms with Gasteiger partial charge in [-0.15, -0.1) is 0 Å². The predicted molar refractivity (Wildman–Crippen MR) is 82.0 cm³/mol. The summed E-state index contributed by atoms with van der Waals surface area (Å²) in [6.45, 7) is 9.51. The molecule has 0 radical (unpaired) electrons. The van der Waals surface area contributed by atoms with Gasteiger partial charge in [0, 0.05) is 6.61 Å². The van der Waals surface area contributed by atoms with Crippen molar-refractivity contribution >= 4 is 15.2 Å². The van der Waals surface area contributed by atoms with Crippen molar-refractivity contribution in [3.63, 3.8) is 0 Å². The molecule has 0 aliphatic heterocycles. The van der Waals surface area contributed by atoms with Crippen LogP contribution in [0.5, 0.6) is 0 Å². The van der Waals surface area contributed by atoms with Gasteiger partial charge >= 0.3 is 15.2 Å². The van der Waals surface area contributed by atoms with E-state index >= 15 is 0 Å². The SMILES string of the molecule is CCOCC(P(=O)(OCC)OCC)P(=O)(OCC)OCC. The molecule has 0 aliphatic rings. The summed E-state index contributed by atoms with van der Waals surface area (Å²) in [4.78, 5) is 0. The molecule has 0 N–H and O–H groups in total. The Morgan fingerprint density at radius 3 is 1.24 bits per heavy atom. The zero-order chi connectivity index (χ0) is 16.4. The minimum absolute atomic E-state index is 0.0783. The second kappa shape index (κ2) is 10.9. The quantitative estimate of drug-likeness (QED) is 0.468. The molecule has 0 bridgehead atoms. The molecule has 7 nitrogen and oxygen atoms in total. The van der Waals surface area contributed by atoms with E-state index in [0.29, 0.717) is 6.61 Å². The zero-order valence-corrected chi connectivity index (χ0v) is 15.4. The van der Waals surface area contributed by atoms with E-state index in [1.165, 1.54) is 0 Å². The van der Waals surface area contributed by atoms with Crippen LogP contribution in [0.25, 0.3) is 0 Å². The highest BCUT2D eigenvalue weighted by atomic mass is 31.2. The largest absolute Gasteiger partial charge is 0.380 e. The van der Waals surface area contributed by atoms with Crippen molar-refractivity contribution in [1.29, 1.82) is 0 Å². The van der Waals surface area contributed by atoms with Crippen LogP contribution in [0.1, 0.15) is 34.6 Å². The molecule has 21 heavy (non-hydrogen) atoms. The maximum Gasteiger partial charge on any atom is 0.348 e. The van der Waals surface area contributed by atoms with Crippen LogP contribution in [-0.4, -0.2) is 45.0 Å². The molecule has 0 atom stereocenters. The Hall–Kier alpha value is 0.260. The van der Waals surface area contributed by atoms with Crippen molar-refractivity contribution in [2.24, 2.45) is 0 Å². The summed E-state index contributed by atoms with van der Waals surface area (Å²) in [6.07, 6.45) is 0. The minimum Gasteiger partial charge on any atom is -0.380 e. The smallest absolute Gasteiger partial charge is 0.348 e. The topological polar surface area (TPSA) is 80.3 Å². The average Bonchev–Trinajstić information content (AvgIpc) is 2.40. The van der Waals surface area contributed by atoms with E-state index in [-0.39, 0.29) is 33.0 Å². The fraction of sp³-hybridized carbons (Fsp3) is 1.00. The van der Waals surface area contributed by atoms with Crippen molar-refractivity contribution in [1.82, 2.24) is 0 Å². The van der Waals surface area contributed by atoms with Gasteiger partial charge in [0.2, 0.25) is 0 Å². The maximum absolute atomic E-state index is 13.0. The summed E-state index contributed by atoms with van der Waals surface area (Å²) >= 11 is 0. The van der Waals surface area contributed by atoms with E-state index < -0.39 is 20.6 Å². The first kappa shape index (κ1) is 21.3. The summed E-state index contributed by atoms with van der Waals surface area (Å²) < 4.78 is 52.4. The van der Waals surface area contributed by atoms with E-state index in [4.69, 9.17) is 22.8 Å². The highest BCUT2D eigenvalue weighted by molar-refractivity contribution is 7.72. The first-order valence-corrected chi connectivity index (χ1v) is 10.5. The van der Waals surface area contributed by atoms with E-state index in [1.807, 2.05) is 0 Å². The van der Waals surface area contributed by atoms with Crippen molar-refractivity contribution in [3.8, 4) is 0 Å². The molecular weight excluding hydrogens is 318 g/mol.